The van der Waals surface area contributed by atoms with Crippen LogP contribution in [0.5, 0.6) is 0 Å². The maximum atomic E-state index is 11.5. The fourth-order valence-electron chi connectivity index (χ4n) is 1.71. The number of rotatable bonds is 2. The van der Waals surface area contributed by atoms with Crippen LogP contribution in [-0.2, 0) is 4.79 Å². The summed E-state index contributed by atoms with van der Waals surface area (Å²) in [6, 6.07) is 0.338. The minimum Gasteiger partial charge on any atom is -0.356 e. The zero-order chi connectivity index (χ0) is 8.97. The van der Waals surface area contributed by atoms with Crippen LogP contribution in [0.4, 0.5) is 0 Å². The lowest BCUT2D eigenvalue weighted by atomic mass is 9.91. The van der Waals surface area contributed by atoms with Crippen LogP contribution in [0.3, 0.4) is 0 Å². The van der Waals surface area contributed by atoms with Crippen molar-refractivity contribution >= 4 is 5.91 Å². The molecule has 1 heterocycles. The molecule has 1 amide bonds. The molecule has 0 spiro atoms. The van der Waals surface area contributed by atoms with Crippen LogP contribution in [0.25, 0.3) is 0 Å². The van der Waals surface area contributed by atoms with Gasteiger partial charge in [-0.1, -0.05) is 0 Å². The van der Waals surface area contributed by atoms with Crippen LogP contribution in [0, 0.1) is 5.92 Å². The topological polar surface area (TPSA) is 41.1 Å². The summed E-state index contributed by atoms with van der Waals surface area (Å²) in [7, 11) is 0. The van der Waals surface area contributed by atoms with Gasteiger partial charge in [0.05, 0.1) is 5.92 Å². The van der Waals surface area contributed by atoms with Crippen LogP contribution < -0.4 is 10.6 Å². The minimum absolute atomic E-state index is 0.179. The van der Waals surface area contributed by atoms with E-state index in [1.165, 1.54) is 0 Å². The monoisotopic (exact) mass is 170 g/mol. The Labute approximate surface area is 73.9 Å². The van der Waals surface area contributed by atoms with E-state index in [1.807, 2.05) is 6.92 Å². The molecule has 1 aliphatic heterocycles. The summed E-state index contributed by atoms with van der Waals surface area (Å²) in [5.74, 6) is 0.385. The van der Waals surface area contributed by atoms with E-state index in [9.17, 15) is 4.79 Å². The van der Waals surface area contributed by atoms with Crippen molar-refractivity contribution in [3.8, 4) is 0 Å². The van der Waals surface area contributed by atoms with Gasteiger partial charge in [-0.05, 0) is 33.2 Å². The smallest absolute Gasteiger partial charge is 0.224 e. The summed E-state index contributed by atoms with van der Waals surface area (Å²) in [5, 5.41) is 6.18. The molecule has 2 unspecified atom stereocenters. The van der Waals surface area contributed by atoms with Crippen LogP contribution >= 0.6 is 0 Å². The molecule has 3 nitrogen and oxygen atoms in total. The van der Waals surface area contributed by atoms with E-state index >= 15 is 0 Å². The molecule has 12 heavy (non-hydrogen) atoms. The Morgan fingerprint density at radius 2 is 2.42 bits per heavy atom. The number of carbonyl (C=O) groups excluding carboxylic acids is 1. The van der Waals surface area contributed by atoms with Crippen LogP contribution in [0.2, 0.25) is 0 Å². The third-order valence-electron chi connectivity index (χ3n) is 2.45. The Balaban J connectivity index is 2.42. The Bertz CT molecular complexity index is 159. The van der Waals surface area contributed by atoms with Crippen LogP contribution in [-0.4, -0.2) is 25.0 Å². The van der Waals surface area contributed by atoms with Crippen molar-refractivity contribution < 1.29 is 4.79 Å². The predicted octanol–water partition coefficient (Wildman–Crippen LogP) is 0.511. The summed E-state index contributed by atoms with van der Waals surface area (Å²) in [6.45, 7) is 5.83. The van der Waals surface area contributed by atoms with Crippen molar-refractivity contribution in [2.45, 2.75) is 32.7 Å². The first-order valence-electron chi connectivity index (χ1n) is 4.76. The first kappa shape index (κ1) is 9.52. The summed E-state index contributed by atoms with van der Waals surface area (Å²) in [5.41, 5.74) is 0. The lowest BCUT2D eigenvalue weighted by Crippen LogP contribution is -2.46. The average molecular weight is 170 g/mol. The molecule has 0 aliphatic carbocycles. The highest BCUT2D eigenvalue weighted by molar-refractivity contribution is 5.79. The zero-order valence-electron chi connectivity index (χ0n) is 7.89. The Hall–Kier alpha value is -0.570. The maximum Gasteiger partial charge on any atom is 0.224 e. The molecular formula is C9H18N2O. The number of nitrogens with one attached hydrogen (secondary N) is 2. The first-order valence-corrected chi connectivity index (χ1v) is 4.76. The van der Waals surface area contributed by atoms with E-state index in [0.29, 0.717) is 6.04 Å². The number of amides is 1. The van der Waals surface area contributed by atoms with Crippen molar-refractivity contribution in [1.82, 2.24) is 10.6 Å². The van der Waals surface area contributed by atoms with Crippen LogP contribution in [0.15, 0.2) is 0 Å². The number of carbonyl (C=O) groups is 1. The van der Waals surface area contributed by atoms with E-state index < -0.39 is 0 Å². The molecular weight excluding hydrogens is 152 g/mol. The van der Waals surface area contributed by atoms with Gasteiger partial charge in [-0.3, -0.25) is 4.79 Å². The molecule has 2 atom stereocenters. The molecule has 0 aromatic carbocycles. The van der Waals surface area contributed by atoms with Gasteiger partial charge in [0, 0.05) is 12.6 Å². The summed E-state index contributed by atoms with van der Waals surface area (Å²) >= 11 is 0. The van der Waals surface area contributed by atoms with Gasteiger partial charge in [-0.15, -0.1) is 0 Å². The SMILES string of the molecule is CCNC(=O)C1CCCNC1C. The molecule has 0 aromatic heterocycles. The van der Waals surface area contributed by atoms with Gasteiger partial charge in [0.25, 0.3) is 0 Å². The molecule has 3 heteroatoms. The quantitative estimate of drug-likeness (QED) is 0.634. The van der Waals surface area contributed by atoms with Crippen molar-refractivity contribution in [2.75, 3.05) is 13.1 Å². The molecule has 0 aromatic rings. The molecule has 1 rings (SSSR count). The third-order valence-corrected chi connectivity index (χ3v) is 2.45. The molecule has 0 bridgehead atoms. The molecule has 2 N–H and O–H groups in total. The Morgan fingerprint density at radius 3 is 3.00 bits per heavy atom. The maximum absolute atomic E-state index is 11.5. The van der Waals surface area contributed by atoms with Crippen molar-refractivity contribution in [1.29, 1.82) is 0 Å². The standard InChI is InChI=1S/C9H18N2O/c1-3-10-9(12)8-5-4-6-11-7(8)2/h7-8,11H,3-6H2,1-2H3,(H,10,12). The zero-order valence-corrected chi connectivity index (χ0v) is 7.89. The highest BCUT2D eigenvalue weighted by Gasteiger charge is 2.26. The van der Waals surface area contributed by atoms with Gasteiger partial charge in [-0.2, -0.15) is 0 Å². The first-order chi connectivity index (χ1) is 5.75. The molecule has 1 saturated heterocycles. The van der Waals surface area contributed by atoms with E-state index in [1.54, 1.807) is 0 Å². The Kier molecular flexibility index (Phi) is 3.53. The molecule has 1 fully saturated rings. The van der Waals surface area contributed by atoms with E-state index in [4.69, 9.17) is 0 Å². The lowest BCUT2D eigenvalue weighted by Gasteiger charge is -2.28. The second-order valence-corrected chi connectivity index (χ2v) is 3.39. The Morgan fingerprint density at radius 1 is 1.67 bits per heavy atom. The van der Waals surface area contributed by atoms with Gasteiger partial charge in [-0.25, -0.2) is 0 Å². The van der Waals surface area contributed by atoms with E-state index in [2.05, 4.69) is 17.6 Å². The molecule has 1 aliphatic rings. The van der Waals surface area contributed by atoms with Gasteiger partial charge in [0.1, 0.15) is 0 Å². The summed E-state index contributed by atoms with van der Waals surface area (Å²) < 4.78 is 0. The summed E-state index contributed by atoms with van der Waals surface area (Å²) in [4.78, 5) is 11.5. The fraction of sp³-hybridized carbons (Fsp3) is 0.889. The molecule has 70 valence electrons. The lowest BCUT2D eigenvalue weighted by molar-refractivity contribution is -0.126. The molecule has 0 saturated carbocycles. The predicted molar refractivity (Wildman–Crippen MR) is 48.9 cm³/mol. The van der Waals surface area contributed by atoms with Gasteiger partial charge in [0.2, 0.25) is 5.91 Å². The van der Waals surface area contributed by atoms with Crippen LogP contribution in [0.1, 0.15) is 26.7 Å². The molecule has 0 radical (unpaired) electrons. The second kappa shape index (κ2) is 4.45. The normalized spacial score (nSPS) is 29.8. The van der Waals surface area contributed by atoms with Gasteiger partial charge >= 0.3 is 0 Å². The van der Waals surface area contributed by atoms with Gasteiger partial charge < -0.3 is 10.6 Å². The third kappa shape index (κ3) is 2.21. The van der Waals surface area contributed by atoms with Gasteiger partial charge in [0.15, 0.2) is 0 Å². The minimum atomic E-state index is 0.179. The number of hydrogen-bond acceptors (Lipinski definition) is 2. The highest BCUT2D eigenvalue weighted by atomic mass is 16.1. The van der Waals surface area contributed by atoms with E-state index in [-0.39, 0.29) is 11.8 Å². The largest absolute Gasteiger partial charge is 0.356 e. The fourth-order valence-corrected chi connectivity index (χ4v) is 1.71. The number of piperidine rings is 1. The number of hydrogen-bond donors (Lipinski definition) is 2. The van der Waals surface area contributed by atoms with Crippen molar-refractivity contribution in [3.63, 3.8) is 0 Å². The second-order valence-electron chi connectivity index (χ2n) is 3.39. The van der Waals surface area contributed by atoms with Crippen molar-refractivity contribution in [3.05, 3.63) is 0 Å². The summed E-state index contributed by atoms with van der Waals surface area (Å²) in [6.07, 6.45) is 2.14. The van der Waals surface area contributed by atoms with Crippen molar-refractivity contribution in [2.24, 2.45) is 5.92 Å². The highest BCUT2D eigenvalue weighted by Crippen LogP contribution is 2.15. The van der Waals surface area contributed by atoms with E-state index in [0.717, 1.165) is 25.9 Å². The average Bonchev–Trinajstić information content (AvgIpc) is 2.05.